The van der Waals surface area contributed by atoms with Crippen LogP contribution in [-0.2, 0) is 26.1 Å². The van der Waals surface area contributed by atoms with E-state index in [4.69, 9.17) is 9.47 Å². The first-order chi connectivity index (χ1) is 13.0. The van der Waals surface area contributed by atoms with Gasteiger partial charge in [0.2, 0.25) is 10.0 Å². The third kappa shape index (κ3) is 3.75. The molecule has 0 amide bonds. The van der Waals surface area contributed by atoms with Crippen LogP contribution in [-0.4, -0.2) is 54.1 Å². The Hall–Kier alpha value is -1.87. The number of hydrogen-bond acceptors (Lipinski definition) is 6. The van der Waals surface area contributed by atoms with Crippen LogP contribution in [0.2, 0.25) is 0 Å². The maximum Gasteiger partial charge on any atom is 0.244 e. The van der Waals surface area contributed by atoms with Crippen LogP contribution >= 0.6 is 0 Å². The van der Waals surface area contributed by atoms with Crippen LogP contribution in [0.1, 0.15) is 24.0 Å². The molecular formula is C19H23N3O4S. The van der Waals surface area contributed by atoms with Gasteiger partial charge in [0.1, 0.15) is 4.90 Å². The Morgan fingerprint density at radius 1 is 1.26 bits per heavy atom. The van der Waals surface area contributed by atoms with Gasteiger partial charge < -0.3 is 9.47 Å². The minimum atomic E-state index is -3.51. The van der Waals surface area contributed by atoms with Crippen LogP contribution in [0.5, 0.6) is 0 Å². The summed E-state index contributed by atoms with van der Waals surface area (Å²) in [4.78, 5) is 8.27. The molecule has 4 rings (SSSR count). The van der Waals surface area contributed by atoms with Crippen molar-refractivity contribution < 1.29 is 17.9 Å². The van der Waals surface area contributed by atoms with Crippen molar-refractivity contribution in [1.82, 2.24) is 14.3 Å². The van der Waals surface area contributed by atoms with Gasteiger partial charge in [0.15, 0.2) is 0 Å². The largest absolute Gasteiger partial charge is 0.373 e. The molecule has 2 aromatic heterocycles. The summed E-state index contributed by atoms with van der Waals surface area (Å²) in [6.07, 6.45) is 8.12. The Morgan fingerprint density at radius 3 is 2.81 bits per heavy atom. The fraction of sp³-hybridized carbons (Fsp3) is 0.474. The van der Waals surface area contributed by atoms with Crippen LogP contribution in [0.25, 0.3) is 0 Å². The van der Waals surface area contributed by atoms with Crippen molar-refractivity contribution in [2.45, 2.75) is 43.0 Å². The predicted molar refractivity (Wildman–Crippen MR) is 98.5 cm³/mol. The average molecular weight is 389 g/mol. The number of hydrogen-bond donors (Lipinski definition) is 0. The van der Waals surface area contributed by atoms with Crippen molar-refractivity contribution in [3.8, 4) is 0 Å². The van der Waals surface area contributed by atoms with Crippen molar-refractivity contribution in [2.24, 2.45) is 0 Å². The second kappa shape index (κ2) is 7.27. The molecule has 8 heteroatoms. The predicted octanol–water partition coefficient (Wildman–Crippen LogP) is 1.92. The fourth-order valence-electron chi connectivity index (χ4n) is 3.62. The molecular weight excluding hydrogens is 366 g/mol. The monoisotopic (exact) mass is 389 g/mol. The van der Waals surface area contributed by atoms with Gasteiger partial charge in [-0.2, -0.15) is 4.31 Å². The van der Waals surface area contributed by atoms with E-state index in [-0.39, 0.29) is 11.0 Å². The van der Waals surface area contributed by atoms with E-state index in [2.05, 4.69) is 9.97 Å². The highest BCUT2D eigenvalue weighted by molar-refractivity contribution is 7.89. The van der Waals surface area contributed by atoms with Crippen molar-refractivity contribution in [3.63, 3.8) is 0 Å². The molecule has 1 atom stereocenters. The molecule has 2 aliphatic rings. The van der Waals surface area contributed by atoms with Gasteiger partial charge in [-0.05, 0) is 42.7 Å². The first kappa shape index (κ1) is 18.5. The van der Waals surface area contributed by atoms with Gasteiger partial charge in [0, 0.05) is 50.9 Å². The Bertz CT molecular complexity index is 898. The number of aryl methyl sites for hydroxylation is 1. The second-order valence-corrected chi connectivity index (χ2v) is 9.16. The number of nitrogens with zero attached hydrogens (tertiary/aromatic N) is 3. The van der Waals surface area contributed by atoms with Crippen molar-refractivity contribution >= 4 is 10.0 Å². The molecule has 0 unspecified atom stereocenters. The number of ether oxygens (including phenoxy) is 2. The van der Waals surface area contributed by atoms with Gasteiger partial charge in [-0.3, -0.25) is 9.97 Å². The van der Waals surface area contributed by atoms with E-state index in [0.29, 0.717) is 32.7 Å². The summed E-state index contributed by atoms with van der Waals surface area (Å²) in [6, 6.07) is 5.16. The van der Waals surface area contributed by atoms with Crippen molar-refractivity contribution in [3.05, 3.63) is 54.1 Å². The van der Waals surface area contributed by atoms with E-state index < -0.39 is 15.6 Å². The summed E-state index contributed by atoms with van der Waals surface area (Å²) in [5.41, 5.74) is 1.79. The SMILES string of the molecule is Cc1ccncc1CO[C@@H]1CCOC2(C1)CN(S(=O)(=O)c1cccnc1)C2. The molecule has 2 aliphatic heterocycles. The molecule has 0 aliphatic carbocycles. The summed E-state index contributed by atoms with van der Waals surface area (Å²) in [7, 11) is -3.51. The zero-order valence-corrected chi connectivity index (χ0v) is 16.1. The second-order valence-electron chi connectivity index (χ2n) is 7.22. The lowest BCUT2D eigenvalue weighted by atomic mass is 9.86. The molecule has 0 radical (unpaired) electrons. The highest BCUT2D eigenvalue weighted by Gasteiger charge is 2.52. The fourth-order valence-corrected chi connectivity index (χ4v) is 5.17. The molecule has 0 N–H and O–H groups in total. The first-order valence-electron chi connectivity index (χ1n) is 9.04. The van der Waals surface area contributed by atoms with E-state index in [0.717, 1.165) is 17.5 Å². The topological polar surface area (TPSA) is 81.6 Å². The number of rotatable bonds is 5. The Labute approximate surface area is 159 Å². The minimum Gasteiger partial charge on any atom is -0.373 e. The molecule has 1 spiro atoms. The van der Waals surface area contributed by atoms with E-state index in [1.807, 2.05) is 19.2 Å². The summed E-state index contributed by atoms with van der Waals surface area (Å²) in [5, 5.41) is 0. The molecule has 4 heterocycles. The number of sulfonamides is 1. The lowest BCUT2D eigenvalue weighted by Crippen LogP contribution is -2.67. The summed E-state index contributed by atoms with van der Waals surface area (Å²) in [6.45, 7) is 3.85. The third-order valence-electron chi connectivity index (χ3n) is 5.27. The zero-order valence-electron chi connectivity index (χ0n) is 15.2. The molecule has 7 nitrogen and oxygen atoms in total. The highest BCUT2D eigenvalue weighted by atomic mass is 32.2. The smallest absolute Gasteiger partial charge is 0.244 e. The maximum absolute atomic E-state index is 12.7. The molecule has 2 fully saturated rings. The third-order valence-corrected chi connectivity index (χ3v) is 7.05. The lowest BCUT2D eigenvalue weighted by Gasteiger charge is -2.52. The summed E-state index contributed by atoms with van der Waals surface area (Å²) in [5.74, 6) is 0. The van der Waals surface area contributed by atoms with Crippen molar-refractivity contribution in [1.29, 1.82) is 0 Å². The van der Waals surface area contributed by atoms with Crippen LogP contribution in [0.4, 0.5) is 0 Å². The maximum atomic E-state index is 12.7. The van der Waals surface area contributed by atoms with Crippen LogP contribution in [0.15, 0.2) is 47.9 Å². The molecule has 2 aromatic rings. The minimum absolute atomic E-state index is 0.0570. The zero-order chi connectivity index (χ0) is 18.9. The first-order valence-corrected chi connectivity index (χ1v) is 10.5. The van der Waals surface area contributed by atoms with Gasteiger partial charge in [-0.25, -0.2) is 8.42 Å². The van der Waals surface area contributed by atoms with Crippen LogP contribution in [0, 0.1) is 6.92 Å². The van der Waals surface area contributed by atoms with Crippen molar-refractivity contribution in [2.75, 3.05) is 19.7 Å². The molecule has 0 aromatic carbocycles. The summed E-state index contributed by atoms with van der Waals surface area (Å²) < 4.78 is 38.8. The quantitative estimate of drug-likeness (QED) is 0.777. The molecule has 144 valence electrons. The molecule has 0 saturated carbocycles. The Balaban J connectivity index is 1.36. The normalized spacial score (nSPS) is 22.5. The van der Waals surface area contributed by atoms with E-state index >= 15 is 0 Å². The van der Waals surface area contributed by atoms with Gasteiger partial charge >= 0.3 is 0 Å². The van der Waals surface area contributed by atoms with Crippen LogP contribution in [0.3, 0.4) is 0 Å². The summed E-state index contributed by atoms with van der Waals surface area (Å²) >= 11 is 0. The van der Waals surface area contributed by atoms with Gasteiger partial charge in [0.25, 0.3) is 0 Å². The standard InChI is InChI=1S/C19H23N3O4S/c1-15-4-7-21-10-16(15)12-25-17-5-8-26-19(9-17)13-22(14-19)27(23,24)18-3-2-6-20-11-18/h2-4,6-7,10-11,17H,5,8-9,12-14H2,1H3/t17-/m1/s1. The van der Waals surface area contributed by atoms with E-state index in [1.54, 1.807) is 24.5 Å². The Morgan fingerprint density at radius 2 is 2.07 bits per heavy atom. The van der Waals surface area contributed by atoms with Gasteiger partial charge in [0.05, 0.1) is 18.3 Å². The molecule has 0 bridgehead atoms. The van der Waals surface area contributed by atoms with Gasteiger partial charge in [-0.15, -0.1) is 0 Å². The Kier molecular flexibility index (Phi) is 4.98. The van der Waals surface area contributed by atoms with E-state index in [9.17, 15) is 8.42 Å². The highest BCUT2D eigenvalue weighted by Crippen LogP contribution is 2.38. The van der Waals surface area contributed by atoms with Gasteiger partial charge in [-0.1, -0.05) is 0 Å². The lowest BCUT2D eigenvalue weighted by molar-refractivity contribution is -0.180. The average Bonchev–Trinajstić information content (AvgIpc) is 2.66. The molecule has 27 heavy (non-hydrogen) atoms. The van der Waals surface area contributed by atoms with Crippen LogP contribution < -0.4 is 0 Å². The number of pyridine rings is 2. The van der Waals surface area contributed by atoms with E-state index in [1.165, 1.54) is 10.5 Å². The number of aromatic nitrogens is 2. The molecule has 2 saturated heterocycles.